The summed E-state index contributed by atoms with van der Waals surface area (Å²) in [5.41, 5.74) is 3.34. The van der Waals surface area contributed by atoms with Crippen LogP contribution in [0.1, 0.15) is 35.2 Å². The number of aliphatic hydroxyl groups is 1. The molecule has 1 saturated heterocycles. The topological polar surface area (TPSA) is 66.8 Å². The molecule has 172 valence electrons. The Bertz CT molecular complexity index is 1280. The molecule has 2 atom stereocenters. The number of halogens is 1. The van der Waals surface area contributed by atoms with Crippen molar-refractivity contribution < 1.29 is 19.4 Å². The molecule has 0 aliphatic carbocycles. The predicted molar refractivity (Wildman–Crippen MR) is 131 cm³/mol. The number of hydrogen-bond donors (Lipinski definition) is 1. The summed E-state index contributed by atoms with van der Waals surface area (Å²) in [6, 6.07) is 21.5. The Balaban J connectivity index is 1.57. The number of rotatable bonds is 5. The standard InChI is InChI=1S/C28H24ClNO4/c1-17-15-21-16-20(9-12-23(21)34-17)26(31)24-25(19-7-10-22(29)11-8-19)30(28(33)27(24)32)14-13-18-5-3-2-4-6-18/h2-12,16-17,25,31H,13-15H2,1H3/t17-,25+/m0/s1. The van der Waals surface area contributed by atoms with Gasteiger partial charge in [-0.25, -0.2) is 0 Å². The lowest BCUT2D eigenvalue weighted by molar-refractivity contribution is -0.139. The lowest BCUT2D eigenvalue weighted by Gasteiger charge is -2.25. The zero-order valence-electron chi connectivity index (χ0n) is 18.7. The molecule has 0 radical (unpaired) electrons. The smallest absolute Gasteiger partial charge is 0.295 e. The van der Waals surface area contributed by atoms with Crippen LogP contribution in [0.4, 0.5) is 0 Å². The van der Waals surface area contributed by atoms with Crippen molar-refractivity contribution in [2.24, 2.45) is 0 Å². The average Bonchev–Trinajstić information content (AvgIpc) is 3.34. The Hall–Kier alpha value is -3.57. The first kappa shape index (κ1) is 22.2. The summed E-state index contributed by atoms with van der Waals surface area (Å²) in [7, 11) is 0. The molecule has 1 N–H and O–H groups in total. The number of Topliss-reactive ketones (excluding diaryl/α,β-unsaturated/α-hetero) is 1. The zero-order chi connectivity index (χ0) is 23.8. The normalized spacial score (nSPS) is 20.9. The minimum Gasteiger partial charge on any atom is -0.507 e. The maximum Gasteiger partial charge on any atom is 0.295 e. The Labute approximate surface area is 203 Å². The summed E-state index contributed by atoms with van der Waals surface area (Å²) in [4.78, 5) is 27.9. The average molecular weight is 474 g/mol. The number of ether oxygens (including phenoxy) is 1. The van der Waals surface area contributed by atoms with Crippen LogP contribution >= 0.6 is 11.6 Å². The van der Waals surface area contributed by atoms with E-state index in [0.717, 1.165) is 28.9 Å². The highest BCUT2D eigenvalue weighted by molar-refractivity contribution is 6.46. The van der Waals surface area contributed by atoms with Crippen LogP contribution in [0, 0.1) is 0 Å². The number of fused-ring (bicyclic) bond motifs is 1. The Kier molecular flexibility index (Phi) is 5.88. The molecule has 3 aromatic carbocycles. The van der Waals surface area contributed by atoms with E-state index in [2.05, 4.69) is 0 Å². The number of likely N-dealkylation sites (tertiary alicyclic amines) is 1. The van der Waals surface area contributed by atoms with Gasteiger partial charge in [-0.3, -0.25) is 9.59 Å². The lowest BCUT2D eigenvalue weighted by Crippen LogP contribution is -2.31. The second-order valence-electron chi connectivity index (χ2n) is 8.73. The zero-order valence-corrected chi connectivity index (χ0v) is 19.5. The summed E-state index contributed by atoms with van der Waals surface area (Å²) in [5, 5.41) is 11.9. The highest BCUT2D eigenvalue weighted by atomic mass is 35.5. The van der Waals surface area contributed by atoms with Gasteiger partial charge in [-0.05, 0) is 60.4 Å². The van der Waals surface area contributed by atoms with Crippen molar-refractivity contribution in [2.45, 2.75) is 31.9 Å². The molecule has 5 nitrogen and oxygen atoms in total. The maximum atomic E-state index is 13.2. The van der Waals surface area contributed by atoms with Gasteiger partial charge in [0.2, 0.25) is 0 Å². The van der Waals surface area contributed by atoms with Gasteiger partial charge >= 0.3 is 0 Å². The van der Waals surface area contributed by atoms with Crippen LogP contribution in [0.15, 0.2) is 78.4 Å². The lowest BCUT2D eigenvalue weighted by atomic mass is 9.94. The number of hydrogen-bond acceptors (Lipinski definition) is 4. The monoisotopic (exact) mass is 473 g/mol. The van der Waals surface area contributed by atoms with Crippen LogP contribution in [0.3, 0.4) is 0 Å². The molecule has 2 heterocycles. The number of benzene rings is 3. The van der Waals surface area contributed by atoms with Gasteiger partial charge in [0.05, 0.1) is 11.6 Å². The predicted octanol–water partition coefficient (Wildman–Crippen LogP) is 5.33. The SMILES string of the molecule is C[C@H]1Cc2cc(C(O)=C3C(=O)C(=O)N(CCc4ccccc4)[C@@H]3c3ccc(Cl)cc3)ccc2O1. The number of ketones is 1. The van der Waals surface area contributed by atoms with Crippen LogP contribution in [0.5, 0.6) is 5.75 Å². The highest BCUT2D eigenvalue weighted by Crippen LogP contribution is 2.41. The molecule has 2 aliphatic heterocycles. The number of carbonyl (C=O) groups is 2. The van der Waals surface area contributed by atoms with E-state index in [9.17, 15) is 14.7 Å². The fourth-order valence-electron chi connectivity index (χ4n) is 4.72. The van der Waals surface area contributed by atoms with Gasteiger partial charge in [0, 0.05) is 23.6 Å². The van der Waals surface area contributed by atoms with Gasteiger partial charge in [-0.1, -0.05) is 54.1 Å². The quantitative estimate of drug-likeness (QED) is 0.309. The van der Waals surface area contributed by atoms with Crippen LogP contribution < -0.4 is 4.74 Å². The van der Waals surface area contributed by atoms with Gasteiger partial charge in [0.15, 0.2) is 0 Å². The third-order valence-corrected chi connectivity index (χ3v) is 6.63. The molecular weight excluding hydrogens is 450 g/mol. The third kappa shape index (κ3) is 4.08. The van der Waals surface area contributed by atoms with Crippen LogP contribution in [-0.4, -0.2) is 34.3 Å². The van der Waals surface area contributed by atoms with Crippen LogP contribution in [-0.2, 0) is 22.4 Å². The molecule has 0 unspecified atom stereocenters. The Morgan fingerprint density at radius 1 is 1.06 bits per heavy atom. The number of nitrogens with zero attached hydrogens (tertiary/aromatic N) is 1. The minimum atomic E-state index is -0.704. The number of aliphatic hydroxyl groups excluding tert-OH is 1. The van der Waals surface area contributed by atoms with E-state index in [1.807, 2.05) is 43.3 Å². The van der Waals surface area contributed by atoms with Gasteiger partial charge in [0.25, 0.3) is 11.7 Å². The minimum absolute atomic E-state index is 0.0602. The second-order valence-corrected chi connectivity index (χ2v) is 9.17. The number of carbonyl (C=O) groups excluding carboxylic acids is 2. The largest absolute Gasteiger partial charge is 0.507 e. The van der Waals surface area contributed by atoms with Gasteiger partial charge in [-0.2, -0.15) is 0 Å². The molecule has 34 heavy (non-hydrogen) atoms. The van der Waals surface area contributed by atoms with Gasteiger partial charge in [0.1, 0.15) is 17.6 Å². The van der Waals surface area contributed by atoms with Crippen molar-refractivity contribution in [1.29, 1.82) is 0 Å². The second kappa shape index (κ2) is 8.99. The first-order chi connectivity index (χ1) is 16.4. The number of amides is 1. The van der Waals surface area contributed by atoms with E-state index in [-0.39, 0.29) is 17.4 Å². The summed E-state index contributed by atoms with van der Waals surface area (Å²) < 4.78 is 5.76. The van der Waals surface area contributed by atoms with Gasteiger partial charge < -0.3 is 14.7 Å². The van der Waals surface area contributed by atoms with Crippen molar-refractivity contribution in [3.05, 3.63) is 106 Å². The van der Waals surface area contributed by atoms with Crippen LogP contribution in [0.25, 0.3) is 5.76 Å². The van der Waals surface area contributed by atoms with Crippen molar-refractivity contribution in [3.8, 4) is 5.75 Å². The van der Waals surface area contributed by atoms with E-state index < -0.39 is 17.7 Å². The first-order valence-corrected chi connectivity index (χ1v) is 11.7. The van der Waals surface area contributed by atoms with E-state index >= 15 is 0 Å². The van der Waals surface area contributed by atoms with E-state index in [1.54, 1.807) is 41.3 Å². The van der Waals surface area contributed by atoms with Crippen molar-refractivity contribution in [2.75, 3.05) is 6.54 Å². The van der Waals surface area contributed by atoms with E-state index in [0.29, 0.717) is 23.6 Å². The molecule has 0 bridgehead atoms. The highest BCUT2D eigenvalue weighted by Gasteiger charge is 2.45. The Morgan fingerprint density at radius 3 is 2.53 bits per heavy atom. The van der Waals surface area contributed by atoms with E-state index in [1.165, 1.54) is 0 Å². The molecule has 1 amide bonds. The fraction of sp³-hybridized carbons (Fsp3) is 0.214. The third-order valence-electron chi connectivity index (χ3n) is 6.38. The van der Waals surface area contributed by atoms with Gasteiger partial charge in [-0.15, -0.1) is 0 Å². The molecule has 6 heteroatoms. The van der Waals surface area contributed by atoms with Crippen LogP contribution in [0.2, 0.25) is 5.02 Å². The van der Waals surface area contributed by atoms with Crippen molar-refractivity contribution in [3.63, 3.8) is 0 Å². The molecule has 0 spiro atoms. The van der Waals surface area contributed by atoms with Crippen molar-refractivity contribution in [1.82, 2.24) is 4.90 Å². The van der Waals surface area contributed by atoms with E-state index in [4.69, 9.17) is 16.3 Å². The molecule has 1 fully saturated rings. The molecular formula is C28H24ClNO4. The fourth-order valence-corrected chi connectivity index (χ4v) is 4.85. The molecule has 5 rings (SSSR count). The van der Waals surface area contributed by atoms with Crippen molar-refractivity contribution >= 4 is 29.1 Å². The Morgan fingerprint density at radius 2 is 1.79 bits per heavy atom. The maximum absolute atomic E-state index is 13.2. The molecule has 0 saturated carbocycles. The first-order valence-electron chi connectivity index (χ1n) is 11.3. The summed E-state index contributed by atoms with van der Waals surface area (Å²) in [6.45, 7) is 2.33. The summed E-state index contributed by atoms with van der Waals surface area (Å²) >= 11 is 6.09. The molecule has 3 aromatic rings. The summed E-state index contributed by atoms with van der Waals surface area (Å²) in [6.07, 6.45) is 1.37. The molecule has 0 aromatic heterocycles. The summed E-state index contributed by atoms with van der Waals surface area (Å²) in [5.74, 6) is -0.698. The molecule has 2 aliphatic rings.